The number of ether oxygens (including phenoxy) is 2. The van der Waals surface area contributed by atoms with Crippen LogP contribution in [0.3, 0.4) is 0 Å². The topological polar surface area (TPSA) is 172 Å². The van der Waals surface area contributed by atoms with E-state index in [2.05, 4.69) is 16.0 Å². The number of benzene rings is 2. The molecule has 1 aliphatic carbocycles. The number of thiazole rings is 1. The fourth-order valence-electron chi connectivity index (χ4n) is 8.74. The number of hydrogen-bond acceptors (Lipinski definition) is 10. The van der Waals surface area contributed by atoms with Crippen LogP contribution in [0, 0.1) is 17.6 Å². The highest BCUT2D eigenvalue weighted by Crippen LogP contribution is 2.71. The van der Waals surface area contributed by atoms with Gasteiger partial charge in [-0.1, -0.05) is 56.7 Å². The second-order valence-electron chi connectivity index (χ2n) is 16.9. The minimum absolute atomic E-state index is 0.0200. The molecule has 2 aromatic carbocycles. The maximum absolute atomic E-state index is 14.9. The molecular weight excluding hydrogens is 861 g/mol. The number of rotatable bonds is 12. The van der Waals surface area contributed by atoms with Gasteiger partial charge in [0, 0.05) is 41.3 Å². The normalized spacial score (nSPS) is 24.3. The Morgan fingerprint density at radius 2 is 1.81 bits per heavy atom. The molecular formula is C44H54ClF2N6O7PS. The van der Waals surface area contributed by atoms with Gasteiger partial charge in [0.1, 0.15) is 57.3 Å². The van der Waals surface area contributed by atoms with Crippen LogP contribution >= 0.6 is 30.3 Å². The minimum Gasteiger partial charge on any atom is -0.495 e. The molecule has 3 fully saturated rings. The number of anilines is 1. The number of aromatic nitrogens is 2. The van der Waals surface area contributed by atoms with Crippen LogP contribution < -0.4 is 25.4 Å². The lowest BCUT2D eigenvalue weighted by Crippen LogP contribution is -2.55. The number of nitrogens with zero attached hydrogens (tertiary/aromatic N) is 3. The first-order chi connectivity index (χ1) is 29.6. The largest absolute Gasteiger partial charge is 0.495 e. The van der Waals surface area contributed by atoms with E-state index in [4.69, 9.17) is 31.0 Å². The van der Waals surface area contributed by atoms with E-state index in [0.29, 0.717) is 71.0 Å². The van der Waals surface area contributed by atoms with Gasteiger partial charge in [0.25, 0.3) is 0 Å². The molecule has 7 rings (SSSR count). The fraction of sp³-hybridized carbons (Fsp3) is 0.523. The van der Waals surface area contributed by atoms with Gasteiger partial charge in [0.15, 0.2) is 5.13 Å². The Bertz CT molecular complexity index is 2350. The maximum atomic E-state index is 14.9. The van der Waals surface area contributed by atoms with Gasteiger partial charge in [-0.05, 0) is 69.7 Å². The van der Waals surface area contributed by atoms with Crippen LogP contribution in [-0.4, -0.2) is 80.6 Å². The SMILES string of the molecule is CCCC(=O)N[C@H]1CCCCCCC[C@@H]2C[C@@]2(P(=O)(O)Cc2c(F)cccc2F)NC(=O)[C@@H]2C[C@@H](Oc3cc(-c4csc(NC(C)C)n4)nc4c(Cl)c(OC)ccc34)CN2C1=O. The van der Waals surface area contributed by atoms with Crippen molar-refractivity contribution < 1.29 is 42.1 Å². The molecule has 3 amide bonds. The molecule has 334 valence electrons. The Hall–Kier alpha value is -4.37. The van der Waals surface area contributed by atoms with Crippen LogP contribution in [0.25, 0.3) is 22.3 Å². The van der Waals surface area contributed by atoms with E-state index < -0.39 is 71.9 Å². The fourth-order valence-corrected chi connectivity index (χ4v) is 12.4. The summed E-state index contributed by atoms with van der Waals surface area (Å²) in [6.45, 7) is 5.82. The van der Waals surface area contributed by atoms with Gasteiger partial charge in [-0.15, -0.1) is 11.3 Å². The van der Waals surface area contributed by atoms with Gasteiger partial charge in [0.2, 0.25) is 25.1 Å². The quantitative estimate of drug-likeness (QED) is 0.101. The van der Waals surface area contributed by atoms with Crippen molar-refractivity contribution in [3.63, 3.8) is 0 Å². The van der Waals surface area contributed by atoms with Crippen molar-refractivity contribution in [3.05, 3.63) is 64.0 Å². The predicted octanol–water partition coefficient (Wildman–Crippen LogP) is 8.80. The Morgan fingerprint density at radius 3 is 2.52 bits per heavy atom. The average Bonchev–Trinajstić information content (AvgIpc) is 3.50. The molecule has 0 spiro atoms. The molecule has 62 heavy (non-hydrogen) atoms. The van der Waals surface area contributed by atoms with Crippen LogP contribution in [0.2, 0.25) is 5.02 Å². The number of methoxy groups -OCH3 is 1. The first-order valence-electron chi connectivity index (χ1n) is 21.4. The lowest BCUT2D eigenvalue weighted by atomic mass is 10.0. The van der Waals surface area contributed by atoms with Gasteiger partial charge < -0.3 is 35.2 Å². The third kappa shape index (κ3) is 9.73. The minimum atomic E-state index is -4.54. The zero-order valence-electron chi connectivity index (χ0n) is 35.3. The van der Waals surface area contributed by atoms with E-state index >= 15 is 0 Å². The first-order valence-corrected chi connectivity index (χ1v) is 24.5. The van der Waals surface area contributed by atoms with Gasteiger partial charge in [-0.2, -0.15) is 0 Å². The van der Waals surface area contributed by atoms with Gasteiger partial charge in [0.05, 0.1) is 31.0 Å². The number of nitrogens with one attached hydrogen (secondary N) is 3. The number of amides is 3. The summed E-state index contributed by atoms with van der Waals surface area (Å²) < 4.78 is 56.6. The smallest absolute Gasteiger partial charge is 0.245 e. The molecule has 4 heterocycles. The third-order valence-corrected chi connectivity index (χ3v) is 15.8. The lowest BCUT2D eigenvalue weighted by Gasteiger charge is -2.31. The van der Waals surface area contributed by atoms with Crippen LogP contribution in [0.5, 0.6) is 11.5 Å². The molecule has 13 nitrogen and oxygen atoms in total. The molecule has 3 aliphatic rings. The summed E-state index contributed by atoms with van der Waals surface area (Å²) in [5.41, 5.74) is 0.892. The number of carbonyl (C=O) groups excluding carboxylic acids is 3. The van der Waals surface area contributed by atoms with E-state index in [1.807, 2.05) is 26.2 Å². The molecule has 4 N–H and O–H groups in total. The van der Waals surface area contributed by atoms with Crippen molar-refractivity contribution in [3.8, 4) is 22.9 Å². The summed E-state index contributed by atoms with van der Waals surface area (Å²) in [5, 5.41) is 10.8. The number of fused-ring (bicyclic) bond motifs is 3. The molecule has 4 aromatic rings. The summed E-state index contributed by atoms with van der Waals surface area (Å²) in [4.78, 5) is 65.2. The van der Waals surface area contributed by atoms with Gasteiger partial charge >= 0.3 is 0 Å². The van der Waals surface area contributed by atoms with Crippen molar-refractivity contribution in [2.45, 2.75) is 127 Å². The molecule has 2 aromatic heterocycles. The zero-order chi connectivity index (χ0) is 44.3. The Kier molecular flexibility index (Phi) is 14.1. The van der Waals surface area contributed by atoms with Crippen LogP contribution in [-0.2, 0) is 25.1 Å². The van der Waals surface area contributed by atoms with E-state index in [1.165, 1.54) is 29.4 Å². The van der Waals surface area contributed by atoms with Crippen LogP contribution in [0.4, 0.5) is 13.9 Å². The van der Waals surface area contributed by atoms with Crippen molar-refractivity contribution in [2.24, 2.45) is 5.92 Å². The van der Waals surface area contributed by atoms with Crippen molar-refractivity contribution in [2.75, 3.05) is 19.0 Å². The molecule has 1 unspecified atom stereocenters. The summed E-state index contributed by atoms with van der Waals surface area (Å²) in [7, 11) is -3.04. The van der Waals surface area contributed by atoms with E-state index in [1.54, 1.807) is 18.2 Å². The molecule has 1 saturated carbocycles. The van der Waals surface area contributed by atoms with E-state index in [0.717, 1.165) is 31.4 Å². The summed E-state index contributed by atoms with van der Waals surface area (Å²) in [5.74, 6) is -3.02. The number of carbonyl (C=O) groups is 3. The van der Waals surface area contributed by atoms with Crippen molar-refractivity contribution >= 4 is 64.1 Å². The average molecular weight is 915 g/mol. The van der Waals surface area contributed by atoms with Crippen LogP contribution in [0.1, 0.15) is 97.0 Å². The number of halogens is 3. The Morgan fingerprint density at radius 1 is 1.08 bits per heavy atom. The molecule has 0 radical (unpaired) electrons. The lowest BCUT2D eigenvalue weighted by molar-refractivity contribution is -0.141. The summed E-state index contributed by atoms with van der Waals surface area (Å²) >= 11 is 8.26. The standard InChI is InChI=1S/C44H54ClF2N6O7PS/c1-5-12-38(54)49-32-16-10-8-6-7-9-13-26-21-44(26,61(57,58)23-29-30(46)14-11-15-31(29)47)52-41(55)35-19-27(22-53(35)42(32)56)60-37-20-33(34-24-62-43(51-34)48-25(2)3)50-40-28(37)17-18-36(59-4)39(40)45/h11,14-15,17-18,20,24-27,32,35H,5-10,12-13,16,19,21-23H2,1-4H3,(H,48,51)(H,49,54)(H,52,55)(H,57,58)/t26-,27-,32+,35+,44+/m1/s1. The highest BCUT2D eigenvalue weighted by atomic mass is 35.5. The molecule has 6 atom stereocenters. The number of hydrogen-bond donors (Lipinski definition) is 4. The Balaban J connectivity index is 1.26. The first kappa shape index (κ1) is 45.6. The van der Waals surface area contributed by atoms with Gasteiger partial charge in [-0.3, -0.25) is 18.9 Å². The van der Waals surface area contributed by atoms with Crippen molar-refractivity contribution in [1.29, 1.82) is 0 Å². The second kappa shape index (κ2) is 19.2. The van der Waals surface area contributed by atoms with E-state index in [9.17, 15) is 32.6 Å². The monoisotopic (exact) mass is 914 g/mol. The summed E-state index contributed by atoms with van der Waals surface area (Å²) in [6.07, 6.45) is 4.01. The Labute approximate surface area is 369 Å². The molecule has 0 bridgehead atoms. The molecule has 2 saturated heterocycles. The molecule has 18 heteroatoms. The second-order valence-corrected chi connectivity index (χ2v) is 20.6. The maximum Gasteiger partial charge on any atom is 0.245 e. The highest BCUT2D eigenvalue weighted by molar-refractivity contribution is 7.59. The molecule has 2 aliphatic heterocycles. The highest BCUT2D eigenvalue weighted by Gasteiger charge is 2.66. The van der Waals surface area contributed by atoms with E-state index in [-0.39, 0.29) is 42.8 Å². The van der Waals surface area contributed by atoms with Crippen LogP contribution in [0.15, 0.2) is 41.8 Å². The summed E-state index contributed by atoms with van der Waals surface area (Å²) in [6, 6.07) is 6.47. The van der Waals surface area contributed by atoms with Gasteiger partial charge in [-0.25, -0.2) is 18.7 Å². The van der Waals surface area contributed by atoms with Crippen molar-refractivity contribution in [1.82, 2.24) is 25.5 Å². The third-order valence-electron chi connectivity index (χ3n) is 12.0. The number of pyridine rings is 1. The predicted molar refractivity (Wildman–Crippen MR) is 236 cm³/mol. The zero-order valence-corrected chi connectivity index (χ0v) is 37.8.